The van der Waals surface area contributed by atoms with E-state index < -0.39 is 0 Å². The Morgan fingerprint density at radius 3 is 2.65 bits per heavy atom. The summed E-state index contributed by atoms with van der Waals surface area (Å²) in [4.78, 5) is 6.31. The highest BCUT2D eigenvalue weighted by Gasteiger charge is 2.32. The van der Waals surface area contributed by atoms with Gasteiger partial charge in [-0.2, -0.15) is 0 Å². The topological polar surface area (TPSA) is 16.1 Å². The second kappa shape index (κ2) is 5.68. The molecule has 0 saturated carbocycles. The van der Waals surface area contributed by atoms with Gasteiger partial charge in [-0.05, 0) is 29.8 Å². The van der Waals surface area contributed by atoms with Gasteiger partial charge >= 0.3 is 0 Å². The predicted molar refractivity (Wildman–Crippen MR) is 85.9 cm³/mol. The van der Waals surface area contributed by atoms with Crippen LogP contribution in [0.1, 0.15) is 11.6 Å². The number of halogens is 2. The molecule has 2 nitrogen and oxygen atoms in total. The van der Waals surface area contributed by atoms with Crippen molar-refractivity contribution in [3.63, 3.8) is 0 Å². The number of aromatic nitrogens is 1. The first-order chi connectivity index (χ1) is 9.65. The predicted octanol–water partition coefficient (Wildman–Crippen LogP) is 4.45. The number of benzene rings is 1. The smallest absolute Gasteiger partial charge is 0.142 e. The highest BCUT2D eigenvalue weighted by atomic mass is 35.5. The Kier molecular flexibility index (Phi) is 3.92. The van der Waals surface area contributed by atoms with Gasteiger partial charge in [0.25, 0.3) is 0 Å². The molecule has 20 heavy (non-hydrogen) atoms. The maximum absolute atomic E-state index is 13.0. The average Bonchev–Trinajstić information content (AvgIpc) is 2.83. The van der Waals surface area contributed by atoms with Gasteiger partial charge in [0.15, 0.2) is 0 Å². The molecule has 1 unspecified atom stereocenters. The first-order valence-corrected chi connectivity index (χ1v) is 7.75. The van der Waals surface area contributed by atoms with Crippen molar-refractivity contribution in [3.05, 3.63) is 59.0 Å². The minimum atomic E-state index is -0.238. The summed E-state index contributed by atoms with van der Waals surface area (Å²) in [6, 6.07) is 10.2. The Labute approximate surface area is 131 Å². The molecular weight excluding hydrogens is 315 g/mol. The third-order valence-electron chi connectivity index (χ3n) is 3.09. The van der Waals surface area contributed by atoms with E-state index in [1.165, 1.54) is 12.1 Å². The fourth-order valence-corrected chi connectivity index (χ4v) is 3.65. The van der Waals surface area contributed by atoms with Gasteiger partial charge in [0.1, 0.15) is 16.0 Å². The summed E-state index contributed by atoms with van der Waals surface area (Å²) in [5.41, 5.74) is 1.02. The van der Waals surface area contributed by atoms with Crippen LogP contribution in [0, 0.1) is 5.82 Å². The molecule has 0 spiro atoms. The molecule has 102 valence electrons. The number of hydrogen-bond acceptors (Lipinski definition) is 3. The molecule has 3 rings (SSSR count). The highest BCUT2D eigenvalue weighted by molar-refractivity contribution is 8.23. The van der Waals surface area contributed by atoms with E-state index in [0.29, 0.717) is 5.02 Å². The molecule has 0 N–H and O–H groups in total. The van der Waals surface area contributed by atoms with Gasteiger partial charge in [0, 0.05) is 11.9 Å². The molecule has 1 aromatic carbocycles. The molecule has 1 aliphatic rings. The van der Waals surface area contributed by atoms with E-state index in [9.17, 15) is 4.39 Å². The molecule has 1 atom stereocenters. The standard InChI is InChI=1S/C14H10ClFN2S2/c15-10-3-6-13(17-7-10)18-12(8-20-14(18)19)9-1-4-11(16)5-2-9/h1-7,12H,8H2. The summed E-state index contributed by atoms with van der Waals surface area (Å²) in [6.45, 7) is 0. The molecule has 2 aromatic rings. The zero-order valence-corrected chi connectivity index (χ0v) is 12.7. The summed E-state index contributed by atoms with van der Waals surface area (Å²) < 4.78 is 13.8. The van der Waals surface area contributed by atoms with E-state index in [1.807, 2.05) is 11.0 Å². The lowest BCUT2D eigenvalue weighted by molar-refractivity contribution is 0.626. The molecule has 2 heterocycles. The van der Waals surface area contributed by atoms with Crippen LogP contribution >= 0.6 is 35.6 Å². The molecular formula is C14H10ClFN2S2. The van der Waals surface area contributed by atoms with Crippen molar-refractivity contribution in [2.24, 2.45) is 0 Å². The van der Waals surface area contributed by atoms with Crippen LogP contribution in [0.25, 0.3) is 0 Å². The van der Waals surface area contributed by atoms with Crippen LogP contribution in [0.15, 0.2) is 42.6 Å². The molecule has 1 aromatic heterocycles. The molecule has 1 aliphatic heterocycles. The summed E-state index contributed by atoms with van der Waals surface area (Å²) >= 11 is 12.9. The van der Waals surface area contributed by atoms with E-state index in [1.54, 1.807) is 36.2 Å². The van der Waals surface area contributed by atoms with Gasteiger partial charge in [-0.15, -0.1) is 0 Å². The Morgan fingerprint density at radius 2 is 2.00 bits per heavy atom. The minimum absolute atomic E-state index is 0.0711. The number of anilines is 1. The lowest BCUT2D eigenvalue weighted by Crippen LogP contribution is -2.27. The zero-order chi connectivity index (χ0) is 14.1. The van der Waals surface area contributed by atoms with E-state index in [2.05, 4.69) is 4.98 Å². The molecule has 1 fully saturated rings. The van der Waals surface area contributed by atoms with E-state index >= 15 is 0 Å². The maximum atomic E-state index is 13.0. The lowest BCUT2D eigenvalue weighted by atomic mass is 10.1. The van der Waals surface area contributed by atoms with E-state index in [0.717, 1.165) is 21.5 Å². The van der Waals surface area contributed by atoms with Crippen LogP contribution in [-0.4, -0.2) is 15.1 Å². The summed E-state index contributed by atoms with van der Waals surface area (Å²) in [5.74, 6) is 1.35. The van der Waals surface area contributed by atoms with Gasteiger partial charge < -0.3 is 4.90 Å². The van der Waals surface area contributed by atoms with Gasteiger partial charge in [-0.25, -0.2) is 9.37 Å². The first-order valence-electron chi connectivity index (χ1n) is 5.98. The molecule has 0 bridgehead atoms. The van der Waals surface area contributed by atoms with Crippen molar-refractivity contribution in [3.8, 4) is 0 Å². The van der Waals surface area contributed by atoms with Gasteiger partial charge in [0.05, 0.1) is 11.1 Å². The van der Waals surface area contributed by atoms with Crippen molar-refractivity contribution in [1.29, 1.82) is 0 Å². The van der Waals surface area contributed by atoms with Crippen LogP contribution < -0.4 is 4.90 Å². The highest BCUT2D eigenvalue weighted by Crippen LogP contribution is 2.38. The number of hydrogen-bond donors (Lipinski definition) is 0. The summed E-state index contributed by atoms with van der Waals surface area (Å²) in [5, 5.41) is 0.588. The first kappa shape index (κ1) is 13.8. The Hall–Kier alpha value is -1.17. The third-order valence-corrected chi connectivity index (χ3v) is 4.79. The SMILES string of the molecule is Fc1ccc(C2CSC(=S)N2c2ccc(Cl)cn2)cc1. The Bertz CT molecular complexity index is 631. The maximum Gasteiger partial charge on any atom is 0.142 e. The second-order valence-electron chi connectivity index (χ2n) is 4.35. The van der Waals surface area contributed by atoms with Crippen LogP contribution in [0.4, 0.5) is 10.2 Å². The number of nitrogens with zero attached hydrogens (tertiary/aromatic N) is 2. The van der Waals surface area contributed by atoms with Crippen LogP contribution in [0.5, 0.6) is 0 Å². The molecule has 0 aliphatic carbocycles. The molecule has 0 radical (unpaired) electrons. The second-order valence-corrected chi connectivity index (χ2v) is 6.44. The molecule has 0 amide bonds. The van der Waals surface area contributed by atoms with Crippen molar-refractivity contribution >= 4 is 45.7 Å². The van der Waals surface area contributed by atoms with Gasteiger partial charge in [0.2, 0.25) is 0 Å². The number of pyridine rings is 1. The van der Waals surface area contributed by atoms with E-state index in [-0.39, 0.29) is 11.9 Å². The number of rotatable bonds is 2. The molecule has 6 heteroatoms. The largest absolute Gasteiger partial charge is 0.303 e. The Balaban J connectivity index is 1.96. The zero-order valence-electron chi connectivity index (χ0n) is 10.3. The summed E-state index contributed by atoms with van der Waals surface area (Å²) in [7, 11) is 0. The third kappa shape index (κ3) is 2.66. The van der Waals surface area contributed by atoms with E-state index in [4.69, 9.17) is 23.8 Å². The normalized spacial score (nSPS) is 18.6. The number of thioether (sulfide) groups is 1. The van der Waals surface area contributed by atoms with Crippen molar-refractivity contribution in [2.45, 2.75) is 6.04 Å². The number of thiocarbonyl (C=S) groups is 1. The van der Waals surface area contributed by atoms with Crippen molar-refractivity contribution in [2.75, 3.05) is 10.7 Å². The van der Waals surface area contributed by atoms with Crippen molar-refractivity contribution < 1.29 is 4.39 Å². The van der Waals surface area contributed by atoms with Gasteiger partial charge in [-0.3, -0.25) is 0 Å². The average molecular weight is 325 g/mol. The van der Waals surface area contributed by atoms with Crippen LogP contribution in [0.3, 0.4) is 0 Å². The van der Waals surface area contributed by atoms with Crippen molar-refractivity contribution in [1.82, 2.24) is 4.98 Å². The minimum Gasteiger partial charge on any atom is -0.303 e. The fraction of sp³-hybridized carbons (Fsp3) is 0.143. The lowest BCUT2D eigenvalue weighted by Gasteiger charge is -2.24. The molecule has 1 saturated heterocycles. The Morgan fingerprint density at radius 1 is 1.25 bits per heavy atom. The quantitative estimate of drug-likeness (QED) is 0.758. The fourth-order valence-electron chi connectivity index (χ4n) is 2.12. The summed E-state index contributed by atoms with van der Waals surface area (Å²) in [6.07, 6.45) is 1.60. The van der Waals surface area contributed by atoms with Crippen LogP contribution in [0.2, 0.25) is 5.02 Å². The van der Waals surface area contributed by atoms with Gasteiger partial charge in [-0.1, -0.05) is 47.7 Å². The monoisotopic (exact) mass is 324 g/mol. The van der Waals surface area contributed by atoms with Crippen LogP contribution in [-0.2, 0) is 0 Å².